The van der Waals surface area contributed by atoms with Gasteiger partial charge in [0.2, 0.25) is 0 Å². The lowest BCUT2D eigenvalue weighted by Crippen LogP contribution is -2.50. The van der Waals surface area contributed by atoms with Gasteiger partial charge >= 0.3 is 0 Å². The summed E-state index contributed by atoms with van der Waals surface area (Å²) in [7, 11) is 1.56. The van der Waals surface area contributed by atoms with Gasteiger partial charge in [0.15, 0.2) is 18.1 Å². The summed E-state index contributed by atoms with van der Waals surface area (Å²) in [4.78, 5) is 11.8. The summed E-state index contributed by atoms with van der Waals surface area (Å²) in [5, 5.41) is 2.80. The number of hydrogen-bond acceptors (Lipinski definition) is 4. The van der Waals surface area contributed by atoms with Crippen LogP contribution in [0.4, 0.5) is 0 Å². The Hall–Kier alpha value is -1.46. The lowest BCUT2D eigenvalue weighted by Gasteiger charge is -2.26. The number of ether oxygens (including phenoxy) is 2. The van der Waals surface area contributed by atoms with E-state index in [1.165, 1.54) is 0 Å². The molecule has 3 N–H and O–H groups in total. The molecule has 6 heteroatoms. The van der Waals surface area contributed by atoms with Crippen molar-refractivity contribution in [2.24, 2.45) is 5.73 Å². The molecule has 1 aromatic carbocycles. The fourth-order valence-electron chi connectivity index (χ4n) is 1.71. The molecule has 0 aliphatic heterocycles. The number of methoxy groups -OCH3 is 1. The zero-order chi connectivity index (χ0) is 15.0. The van der Waals surface area contributed by atoms with Gasteiger partial charge in [-0.3, -0.25) is 4.79 Å². The Labute approximate surface area is 132 Å². The first-order valence-electron chi connectivity index (χ1n) is 6.86. The van der Waals surface area contributed by atoms with Crippen LogP contribution in [-0.4, -0.2) is 31.7 Å². The van der Waals surface area contributed by atoms with Crippen LogP contribution in [0, 0.1) is 0 Å². The van der Waals surface area contributed by atoms with Crippen molar-refractivity contribution < 1.29 is 14.3 Å². The Balaban J connectivity index is 0.00000400. The molecule has 0 atom stereocenters. The molecule has 0 aliphatic rings. The molecule has 21 heavy (non-hydrogen) atoms. The number of amides is 1. The van der Waals surface area contributed by atoms with Crippen molar-refractivity contribution in [2.75, 3.05) is 20.3 Å². The molecule has 0 spiro atoms. The van der Waals surface area contributed by atoms with Crippen LogP contribution in [0.25, 0.3) is 0 Å². The SMILES string of the molecule is CCC(N)(CC)CNC(=O)COc1ccccc1OC.Cl. The molecule has 0 saturated heterocycles. The van der Waals surface area contributed by atoms with Crippen molar-refractivity contribution >= 4 is 18.3 Å². The molecule has 0 fully saturated rings. The molecule has 0 bridgehead atoms. The third kappa shape index (κ3) is 6.23. The standard InChI is InChI=1S/C15H24N2O3.ClH/c1-4-15(16,5-2)11-17-14(18)10-20-13-9-7-6-8-12(13)19-3;/h6-9H,4-5,10-11,16H2,1-3H3,(H,17,18);1H. The lowest BCUT2D eigenvalue weighted by molar-refractivity contribution is -0.123. The number of halogens is 1. The molecule has 1 amide bonds. The third-order valence-corrected chi connectivity index (χ3v) is 3.47. The fraction of sp³-hybridized carbons (Fsp3) is 0.533. The highest BCUT2D eigenvalue weighted by molar-refractivity contribution is 5.85. The Morgan fingerprint density at radius 3 is 2.33 bits per heavy atom. The maximum Gasteiger partial charge on any atom is 0.258 e. The van der Waals surface area contributed by atoms with Gasteiger partial charge in [-0.15, -0.1) is 12.4 Å². The summed E-state index contributed by atoms with van der Waals surface area (Å²) >= 11 is 0. The second-order valence-electron chi connectivity index (χ2n) is 4.79. The first kappa shape index (κ1) is 19.5. The number of para-hydroxylation sites is 2. The number of rotatable bonds is 8. The van der Waals surface area contributed by atoms with E-state index in [2.05, 4.69) is 5.32 Å². The molecule has 0 heterocycles. The first-order valence-corrected chi connectivity index (χ1v) is 6.86. The lowest BCUT2D eigenvalue weighted by atomic mass is 9.94. The smallest absolute Gasteiger partial charge is 0.258 e. The second kappa shape index (κ2) is 9.47. The molecule has 1 rings (SSSR count). The van der Waals surface area contributed by atoms with Gasteiger partial charge in [0.05, 0.1) is 7.11 Å². The second-order valence-corrected chi connectivity index (χ2v) is 4.79. The van der Waals surface area contributed by atoms with Gasteiger partial charge in [-0.25, -0.2) is 0 Å². The van der Waals surface area contributed by atoms with E-state index in [1.807, 2.05) is 26.0 Å². The van der Waals surface area contributed by atoms with Crippen LogP contribution in [0.1, 0.15) is 26.7 Å². The quantitative estimate of drug-likeness (QED) is 0.770. The van der Waals surface area contributed by atoms with Crippen molar-refractivity contribution in [2.45, 2.75) is 32.2 Å². The summed E-state index contributed by atoms with van der Waals surface area (Å²) in [6, 6.07) is 7.22. The summed E-state index contributed by atoms with van der Waals surface area (Å²) in [6.07, 6.45) is 1.63. The minimum absolute atomic E-state index is 0. The fourth-order valence-corrected chi connectivity index (χ4v) is 1.71. The van der Waals surface area contributed by atoms with Gasteiger partial charge < -0.3 is 20.5 Å². The van der Waals surface area contributed by atoms with E-state index in [4.69, 9.17) is 15.2 Å². The van der Waals surface area contributed by atoms with Crippen LogP contribution < -0.4 is 20.5 Å². The Bertz CT molecular complexity index is 437. The maximum absolute atomic E-state index is 11.8. The van der Waals surface area contributed by atoms with Crippen LogP contribution in [0.5, 0.6) is 11.5 Å². The number of nitrogens with two attached hydrogens (primary N) is 1. The minimum Gasteiger partial charge on any atom is -0.493 e. The minimum atomic E-state index is -0.347. The number of benzene rings is 1. The molecule has 0 aliphatic carbocycles. The highest BCUT2D eigenvalue weighted by atomic mass is 35.5. The van der Waals surface area contributed by atoms with E-state index >= 15 is 0 Å². The van der Waals surface area contributed by atoms with Gasteiger partial charge in [-0.1, -0.05) is 26.0 Å². The summed E-state index contributed by atoms with van der Waals surface area (Å²) in [6.45, 7) is 4.43. The molecule has 0 aromatic heterocycles. The highest BCUT2D eigenvalue weighted by Crippen LogP contribution is 2.25. The van der Waals surface area contributed by atoms with Crippen LogP contribution in [0.15, 0.2) is 24.3 Å². The van der Waals surface area contributed by atoms with Gasteiger partial charge in [0.1, 0.15) is 0 Å². The Kier molecular flexibility index (Phi) is 8.81. The Morgan fingerprint density at radius 2 is 1.81 bits per heavy atom. The van der Waals surface area contributed by atoms with Gasteiger partial charge in [-0.05, 0) is 25.0 Å². The number of carbonyl (C=O) groups is 1. The molecule has 0 saturated carbocycles. The van der Waals surface area contributed by atoms with Crippen LogP contribution >= 0.6 is 12.4 Å². The number of nitrogens with one attached hydrogen (secondary N) is 1. The maximum atomic E-state index is 11.8. The van der Waals surface area contributed by atoms with Crippen LogP contribution in [0.3, 0.4) is 0 Å². The van der Waals surface area contributed by atoms with Crippen LogP contribution in [-0.2, 0) is 4.79 Å². The van der Waals surface area contributed by atoms with Gasteiger partial charge in [0, 0.05) is 12.1 Å². The van der Waals surface area contributed by atoms with E-state index < -0.39 is 0 Å². The Morgan fingerprint density at radius 1 is 1.24 bits per heavy atom. The highest BCUT2D eigenvalue weighted by Gasteiger charge is 2.20. The van der Waals surface area contributed by atoms with E-state index in [9.17, 15) is 4.79 Å². The summed E-state index contributed by atoms with van der Waals surface area (Å²) in [5.74, 6) is 0.971. The average Bonchev–Trinajstić information content (AvgIpc) is 2.50. The average molecular weight is 317 g/mol. The van der Waals surface area contributed by atoms with E-state index in [1.54, 1.807) is 19.2 Å². The molecule has 5 nitrogen and oxygen atoms in total. The van der Waals surface area contributed by atoms with Crippen molar-refractivity contribution in [3.8, 4) is 11.5 Å². The molecule has 0 radical (unpaired) electrons. The molecular formula is C15H25ClN2O3. The van der Waals surface area contributed by atoms with Crippen molar-refractivity contribution in [1.82, 2.24) is 5.32 Å². The predicted octanol–water partition coefficient (Wildman–Crippen LogP) is 2.13. The normalized spacial score (nSPS) is 10.5. The van der Waals surface area contributed by atoms with Crippen molar-refractivity contribution in [1.29, 1.82) is 0 Å². The van der Waals surface area contributed by atoms with E-state index in [0.29, 0.717) is 18.0 Å². The van der Waals surface area contributed by atoms with Crippen molar-refractivity contribution in [3.63, 3.8) is 0 Å². The first-order chi connectivity index (χ1) is 9.54. The molecular weight excluding hydrogens is 292 g/mol. The predicted molar refractivity (Wildman–Crippen MR) is 86.2 cm³/mol. The van der Waals surface area contributed by atoms with Gasteiger partial charge in [-0.2, -0.15) is 0 Å². The zero-order valence-electron chi connectivity index (χ0n) is 12.8. The van der Waals surface area contributed by atoms with Crippen LogP contribution in [0.2, 0.25) is 0 Å². The summed E-state index contributed by atoms with van der Waals surface area (Å²) < 4.78 is 10.6. The van der Waals surface area contributed by atoms with Crippen molar-refractivity contribution in [3.05, 3.63) is 24.3 Å². The van der Waals surface area contributed by atoms with Gasteiger partial charge in [0.25, 0.3) is 5.91 Å². The molecule has 0 unspecified atom stereocenters. The summed E-state index contributed by atoms with van der Waals surface area (Å²) in [5.41, 5.74) is 5.78. The van der Waals surface area contributed by atoms with E-state index in [0.717, 1.165) is 12.8 Å². The van der Waals surface area contributed by atoms with E-state index in [-0.39, 0.29) is 30.5 Å². The number of carbonyl (C=O) groups excluding carboxylic acids is 1. The number of hydrogen-bond donors (Lipinski definition) is 2. The molecule has 120 valence electrons. The third-order valence-electron chi connectivity index (χ3n) is 3.47. The largest absolute Gasteiger partial charge is 0.493 e. The topological polar surface area (TPSA) is 73.6 Å². The zero-order valence-corrected chi connectivity index (χ0v) is 13.7. The molecule has 1 aromatic rings. The monoisotopic (exact) mass is 316 g/mol.